The number of phenolic OH excluding ortho intramolecular Hbond substituents is 2. The van der Waals surface area contributed by atoms with Crippen molar-refractivity contribution in [2.75, 3.05) is 0 Å². The molecule has 2 aromatic rings. The number of phenols is 2. The SMILES string of the molecule is CCc1ccc(C(C)NC(C)c2c(O)cccc2O)cc1. The van der Waals surface area contributed by atoms with Crippen molar-refractivity contribution in [3.8, 4) is 11.5 Å². The Labute approximate surface area is 126 Å². The van der Waals surface area contributed by atoms with Crippen LogP contribution in [0.2, 0.25) is 0 Å². The highest BCUT2D eigenvalue weighted by Crippen LogP contribution is 2.33. The Hall–Kier alpha value is -2.00. The molecule has 0 aliphatic carbocycles. The average Bonchev–Trinajstić information content (AvgIpc) is 2.47. The molecule has 0 saturated heterocycles. The molecule has 3 N–H and O–H groups in total. The van der Waals surface area contributed by atoms with Crippen LogP contribution in [-0.4, -0.2) is 10.2 Å². The maximum absolute atomic E-state index is 9.91. The highest BCUT2D eigenvalue weighted by Gasteiger charge is 2.17. The summed E-state index contributed by atoms with van der Waals surface area (Å²) < 4.78 is 0. The van der Waals surface area contributed by atoms with Gasteiger partial charge in [0, 0.05) is 12.1 Å². The van der Waals surface area contributed by atoms with Crippen LogP contribution in [0.5, 0.6) is 11.5 Å². The van der Waals surface area contributed by atoms with E-state index in [4.69, 9.17) is 0 Å². The van der Waals surface area contributed by atoms with Crippen LogP contribution < -0.4 is 5.32 Å². The van der Waals surface area contributed by atoms with Gasteiger partial charge in [0.05, 0.1) is 5.56 Å². The molecule has 0 heterocycles. The molecular formula is C18H23NO2. The van der Waals surface area contributed by atoms with E-state index < -0.39 is 0 Å². The summed E-state index contributed by atoms with van der Waals surface area (Å²) in [6, 6.07) is 13.3. The lowest BCUT2D eigenvalue weighted by Crippen LogP contribution is -2.22. The van der Waals surface area contributed by atoms with Crippen molar-refractivity contribution in [2.24, 2.45) is 0 Å². The summed E-state index contributed by atoms with van der Waals surface area (Å²) in [5, 5.41) is 23.2. The first-order valence-electron chi connectivity index (χ1n) is 7.38. The van der Waals surface area contributed by atoms with E-state index >= 15 is 0 Å². The lowest BCUT2D eigenvalue weighted by atomic mass is 10.0. The average molecular weight is 285 g/mol. The lowest BCUT2D eigenvalue weighted by Gasteiger charge is -2.22. The quantitative estimate of drug-likeness (QED) is 0.776. The van der Waals surface area contributed by atoms with E-state index in [0.29, 0.717) is 5.56 Å². The van der Waals surface area contributed by atoms with Gasteiger partial charge >= 0.3 is 0 Å². The molecule has 0 aliphatic heterocycles. The Morgan fingerprint density at radius 2 is 1.48 bits per heavy atom. The number of benzene rings is 2. The topological polar surface area (TPSA) is 52.5 Å². The minimum Gasteiger partial charge on any atom is -0.507 e. The van der Waals surface area contributed by atoms with Crippen LogP contribution in [0.25, 0.3) is 0 Å². The Morgan fingerprint density at radius 3 is 2.00 bits per heavy atom. The number of aryl methyl sites for hydroxylation is 1. The van der Waals surface area contributed by atoms with Crippen LogP contribution >= 0.6 is 0 Å². The zero-order valence-electron chi connectivity index (χ0n) is 12.8. The molecule has 0 saturated carbocycles. The first-order chi connectivity index (χ1) is 10.0. The number of aromatic hydroxyl groups is 2. The van der Waals surface area contributed by atoms with E-state index in [0.717, 1.165) is 6.42 Å². The lowest BCUT2D eigenvalue weighted by molar-refractivity contribution is 0.407. The Balaban J connectivity index is 2.12. The Kier molecular flexibility index (Phi) is 4.86. The zero-order chi connectivity index (χ0) is 15.4. The van der Waals surface area contributed by atoms with Crippen LogP contribution in [0, 0.1) is 0 Å². The third-order valence-electron chi connectivity index (χ3n) is 3.88. The molecule has 0 spiro atoms. The second-order valence-electron chi connectivity index (χ2n) is 5.42. The van der Waals surface area contributed by atoms with Crippen molar-refractivity contribution in [2.45, 2.75) is 39.3 Å². The summed E-state index contributed by atoms with van der Waals surface area (Å²) in [4.78, 5) is 0. The molecular weight excluding hydrogens is 262 g/mol. The van der Waals surface area contributed by atoms with Gasteiger partial charge in [-0.05, 0) is 43.5 Å². The molecule has 3 nitrogen and oxygen atoms in total. The molecule has 21 heavy (non-hydrogen) atoms. The predicted octanol–water partition coefficient (Wildman–Crippen LogP) is 4.07. The number of nitrogens with one attached hydrogen (secondary N) is 1. The highest BCUT2D eigenvalue weighted by atomic mass is 16.3. The second kappa shape index (κ2) is 6.64. The summed E-state index contributed by atoms with van der Waals surface area (Å²) in [5.74, 6) is 0.229. The van der Waals surface area contributed by atoms with Crippen LogP contribution in [0.1, 0.15) is 49.5 Å². The van der Waals surface area contributed by atoms with Gasteiger partial charge in [0.1, 0.15) is 11.5 Å². The van der Waals surface area contributed by atoms with Gasteiger partial charge in [-0.25, -0.2) is 0 Å². The molecule has 2 rings (SSSR count). The largest absolute Gasteiger partial charge is 0.507 e. The van der Waals surface area contributed by atoms with E-state index in [1.807, 2.05) is 6.92 Å². The van der Waals surface area contributed by atoms with Crippen molar-refractivity contribution in [3.05, 3.63) is 59.2 Å². The van der Waals surface area contributed by atoms with Crippen molar-refractivity contribution < 1.29 is 10.2 Å². The Bertz CT molecular complexity index is 572. The molecule has 3 heteroatoms. The molecule has 2 unspecified atom stereocenters. The normalized spacial score (nSPS) is 13.9. The summed E-state index contributed by atoms with van der Waals surface area (Å²) in [5.41, 5.74) is 3.04. The smallest absolute Gasteiger partial charge is 0.124 e. The van der Waals surface area contributed by atoms with Crippen LogP contribution in [0.4, 0.5) is 0 Å². The zero-order valence-corrected chi connectivity index (χ0v) is 12.8. The molecule has 0 radical (unpaired) electrons. The second-order valence-corrected chi connectivity index (χ2v) is 5.42. The van der Waals surface area contributed by atoms with Crippen molar-refractivity contribution in [3.63, 3.8) is 0 Å². The summed E-state index contributed by atoms with van der Waals surface area (Å²) >= 11 is 0. The van der Waals surface area contributed by atoms with Crippen molar-refractivity contribution in [1.29, 1.82) is 0 Å². The standard InChI is InChI=1S/C18H23NO2/c1-4-14-8-10-15(11-9-14)12(2)19-13(3)18-16(20)6-5-7-17(18)21/h5-13,19-21H,4H2,1-3H3. The van der Waals surface area contributed by atoms with E-state index in [1.165, 1.54) is 11.1 Å². The van der Waals surface area contributed by atoms with Gasteiger partial charge in [-0.1, -0.05) is 37.3 Å². The van der Waals surface area contributed by atoms with E-state index in [1.54, 1.807) is 18.2 Å². The fraction of sp³-hybridized carbons (Fsp3) is 0.333. The minimum atomic E-state index is -0.146. The molecule has 0 fully saturated rings. The monoisotopic (exact) mass is 285 g/mol. The fourth-order valence-electron chi connectivity index (χ4n) is 2.58. The summed E-state index contributed by atoms with van der Waals surface area (Å²) in [7, 11) is 0. The number of hydrogen-bond donors (Lipinski definition) is 3. The van der Waals surface area contributed by atoms with Gasteiger partial charge in [0.15, 0.2) is 0 Å². The molecule has 2 aromatic carbocycles. The summed E-state index contributed by atoms with van der Waals surface area (Å²) in [6.45, 7) is 6.15. The molecule has 112 valence electrons. The molecule has 0 aromatic heterocycles. The van der Waals surface area contributed by atoms with E-state index in [-0.39, 0.29) is 23.6 Å². The van der Waals surface area contributed by atoms with Crippen LogP contribution in [-0.2, 0) is 6.42 Å². The predicted molar refractivity (Wildman–Crippen MR) is 85.6 cm³/mol. The molecule has 0 amide bonds. The van der Waals surface area contributed by atoms with Crippen molar-refractivity contribution in [1.82, 2.24) is 5.32 Å². The fourth-order valence-corrected chi connectivity index (χ4v) is 2.58. The summed E-state index contributed by atoms with van der Waals surface area (Å²) in [6.07, 6.45) is 1.03. The van der Waals surface area contributed by atoms with E-state index in [9.17, 15) is 10.2 Å². The Morgan fingerprint density at radius 1 is 0.905 bits per heavy atom. The number of hydrogen-bond acceptors (Lipinski definition) is 3. The molecule has 2 atom stereocenters. The first-order valence-corrected chi connectivity index (χ1v) is 7.38. The minimum absolute atomic E-state index is 0.114. The van der Waals surface area contributed by atoms with Gasteiger partial charge in [0.25, 0.3) is 0 Å². The van der Waals surface area contributed by atoms with Gasteiger partial charge in [-0.3, -0.25) is 0 Å². The molecule has 0 bridgehead atoms. The molecule has 0 aliphatic rings. The number of rotatable bonds is 5. The highest BCUT2D eigenvalue weighted by molar-refractivity contribution is 5.45. The third kappa shape index (κ3) is 3.56. The van der Waals surface area contributed by atoms with Crippen LogP contribution in [0.15, 0.2) is 42.5 Å². The van der Waals surface area contributed by atoms with E-state index in [2.05, 4.69) is 43.4 Å². The van der Waals surface area contributed by atoms with Crippen LogP contribution in [0.3, 0.4) is 0 Å². The van der Waals surface area contributed by atoms with Gasteiger partial charge in [0.2, 0.25) is 0 Å². The first kappa shape index (κ1) is 15.4. The third-order valence-corrected chi connectivity index (χ3v) is 3.88. The maximum Gasteiger partial charge on any atom is 0.124 e. The van der Waals surface area contributed by atoms with Gasteiger partial charge in [-0.15, -0.1) is 0 Å². The maximum atomic E-state index is 9.91. The van der Waals surface area contributed by atoms with Gasteiger partial charge < -0.3 is 15.5 Å². The van der Waals surface area contributed by atoms with Crippen molar-refractivity contribution >= 4 is 0 Å². The van der Waals surface area contributed by atoms with Gasteiger partial charge in [-0.2, -0.15) is 0 Å².